The third kappa shape index (κ3) is 5.30. The molecule has 1 unspecified atom stereocenters. The lowest BCUT2D eigenvalue weighted by Gasteiger charge is -2.24. The minimum absolute atomic E-state index is 0.000287. The van der Waals surface area contributed by atoms with Crippen LogP contribution in [0, 0.1) is 5.82 Å². The fourth-order valence-corrected chi connectivity index (χ4v) is 1.77. The molecule has 23 heavy (non-hydrogen) atoms. The maximum absolute atomic E-state index is 13.7. The highest BCUT2D eigenvalue weighted by atomic mass is 19.1. The van der Waals surface area contributed by atoms with Crippen molar-refractivity contribution in [1.82, 2.24) is 5.32 Å². The number of hydrogen-bond donors (Lipinski definition) is 2. The summed E-state index contributed by atoms with van der Waals surface area (Å²) in [7, 11) is 1.53. The van der Waals surface area contributed by atoms with Crippen LogP contribution in [0.3, 0.4) is 0 Å². The van der Waals surface area contributed by atoms with Gasteiger partial charge in [-0.2, -0.15) is 0 Å². The van der Waals surface area contributed by atoms with E-state index in [1.54, 1.807) is 6.92 Å². The van der Waals surface area contributed by atoms with Crippen LogP contribution in [0.1, 0.15) is 36.2 Å². The van der Waals surface area contributed by atoms with E-state index < -0.39 is 23.2 Å². The van der Waals surface area contributed by atoms with Crippen molar-refractivity contribution in [3.8, 4) is 0 Å². The molecule has 0 spiro atoms. The number of carboxylic acids is 1. The summed E-state index contributed by atoms with van der Waals surface area (Å²) in [6.07, 6.45) is 0.224. The number of methoxy groups -OCH3 is 1. The van der Waals surface area contributed by atoms with E-state index in [1.165, 1.54) is 26.2 Å². The van der Waals surface area contributed by atoms with Crippen LogP contribution in [0.25, 0.3) is 0 Å². The second-order valence-corrected chi connectivity index (χ2v) is 5.30. The molecular formula is C16H22FNO5. The van der Waals surface area contributed by atoms with Gasteiger partial charge in [-0.3, -0.25) is 4.79 Å². The molecule has 1 atom stereocenters. The Morgan fingerprint density at radius 1 is 1.35 bits per heavy atom. The van der Waals surface area contributed by atoms with E-state index in [-0.39, 0.29) is 24.2 Å². The first-order valence-corrected chi connectivity index (χ1v) is 7.25. The second kappa shape index (κ2) is 8.59. The molecule has 1 amide bonds. The summed E-state index contributed by atoms with van der Waals surface area (Å²) in [5.74, 6) is -2.19. The van der Waals surface area contributed by atoms with Gasteiger partial charge in [-0.25, -0.2) is 9.18 Å². The molecule has 0 saturated heterocycles. The SMILES string of the molecule is CCC(C)(NC(=O)c1ccc(F)c(COCCOC)c1)C(=O)O. The first-order chi connectivity index (χ1) is 10.8. The third-order valence-corrected chi connectivity index (χ3v) is 3.57. The number of carbonyl (C=O) groups is 2. The number of carboxylic acid groups (broad SMARTS) is 1. The Hall–Kier alpha value is -1.99. The maximum atomic E-state index is 13.7. The molecule has 0 aromatic heterocycles. The normalized spacial score (nSPS) is 13.4. The first kappa shape index (κ1) is 19.1. The summed E-state index contributed by atoms with van der Waals surface area (Å²) >= 11 is 0. The predicted molar refractivity (Wildman–Crippen MR) is 81.7 cm³/mol. The fourth-order valence-electron chi connectivity index (χ4n) is 1.77. The number of nitrogens with one attached hydrogen (secondary N) is 1. The number of hydrogen-bond acceptors (Lipinski definition) is 4. The standard InChI is InChI=1S/C16H22FNO5/c1-4-16(2,15(20)21)18-14(19)11-5-6-13(17)12(9-11)10-23-8-7-22-3/h5-6,9H,4,7-8,10H2,1-3H3,(H,18,19)(H,20,21). The fraction of sp³-hybridized carbons (Fsp3) is 0.500. The first-order valence-electron chi connectivity index (χ1n) is 7.25. The Labute approximate surface area is 134 Å². The molecule has 2 N–H and O–H groups in total. The summed E-state index contributed by atoms with van der Waals surface area (Å²) < 4.78 is 23.8. The molecule has 0 radical (unpaired) electrons. The van der Waals surface area contributed by atoms with Crippen LogP contribution in [0.4, 0.5) is 4.39 Å². The van der Waals surface area contributed by atoms with E-state index in [2.05, 4.69) is 5.32 Å². The lowest BCUT2D eigenvalue weighted by Crippen LogP contribution is -2.51. The monoisotopic (exact) mass is 327 g/mol. The number of carbonyl (C=O) groups excluding carboxylic acids is 1. The molecule has 0 fully saturated rings. The molecule has 0 bridgehead atoms. The number of aliphatic carboxylic acids is 1. The van der Waals surface area contributed by atoms with Gasteiger partial charge >= 0.3 is 5.97 Å². The van der Waals surface area contributed by atoms with Gasteiger partial charge in [0.15, 0.2) is 0 Å². The predicted octanol–water partition coefficient (Wildman–Crippen LogP) is 1.97. The van der Waals surface area contributed by atoms with Crippen LogP contribution in [0.2, 0.25) is 0 Å². The Morgan fingerprint density at radius 2 is 2.04 bits per heavy atom. The molecule has 1 aromatic rings. The zero-order chi connectivity index (χ0) is 17.5. The third-order valence-electron chi connectivity index (χ3n) is 3.57. The molecule has 7 heteroatoms. The van der Waals surface area contributed by atoms with Crippen molar-refractivity contribution >= 4 is 11.9 Å². The van der Waals surface area contributed by atoms with Gasteiger partial charge in [0.1, 0.15) is 11.4 Å². The van der Waals surface area contributed by atoms with Crippen LogP contribution in [0.15, 0.2) is 18.2 Å². The molecule has 1 aromatic carbocycles. The van der Waals surface area contributed by atoms with Crippen molar-refractivity contribution in [2.75, 3.05) is 20.3 Å². The summed E-state index contributed by atoms with van der Waals surface area (Å²) in [5, 5.41) is 11.6. The molecule has 0 aliphatic carbocycles. The minimum atomic E-state index is -1.37. The number of amides is 1. The van der Waals surface area contributed by atoms with Crippen molar-refractivity contribution in [1.29, 1.82) is 0 Å². The van der Waals surface area contributed by atoms with E-state index in [9.17, 15) is 19.1 Å². The van der Waals surface area contributed by atoms with Gasteiger partial charge in [0, 0.05) is 18.2 Å². The van der Waals surface area contributed by atoms with Crippen LogP contribution >= 0.6 is 0 Å². The summed E-state index contributed by atoms with van der Waals surface area (Å²) in [6.45, 7) is 3.77. The summed E-state index contributed by atoms with van der Waals surface area (Å²) in [6, 6.07) is 3.82. The Balaban J connectivity index is 2.83. The van der Waals surface area contributed by atoms with Gasteiger partial charge in [0.25, 0.3) is 5.91 Å². The van der Waals surface area contributed by atoms with Gasteiger partial charge in [0.05, 0.1) is 19.8 Å². The topological polar surface area (TPSA) is 84.9 Å². The van der Waals surface area contributed by atoms with Crippen molar-refractivity contribution in [2.45, 2.75) is 32.4 Å². The second-order valence-electron chi connectivity index (χ2n) is 5.30. The molecular weight excluding hydrogens is 305 g/mol. The zero-order valence-electron chi connectivity index (χ0n) is 13.5. The highest BCUT2D eigenvalue weighted by Gasteiger charge is 2.33. The number of benzene rings is 1. The maximum Gasteiger partial charge on any atom is 0.329 e. The van der Waals surface area contributed by atoms with Gasteiger partial charge in [0.2, 0.25) is 0 Å². The quantitative estimate of drug-likeness (QED) is 0.677. The Bertz CT molecular complexity index is 563. The molecule has 0 saturated carbocycles. The molecule has 0 aliphatic heterocycles. The van der Waals surface area contributed by atoms with Crippen LogP contribution in [0.5, 0.6) is 0 Å². The van der Waals surface area contributed by atoms with E-state index in [4.69, 9.17) is 9.47 Å². The average molecular weight is 327 g/mol. The van der Waals surface area contributed by atoms with Crippen molar-refractivity contribution in [2.24, 2.45) is 0 Å². The van der Waals surface area contributed by atoms with Crippen molar-refractivity contribution in [3.63, 3.8) is 0 Å². The highest BCUT2D eigenvalue weighted by molar-refractivity contribution is 5.97. The molecule has 0 aliphatic rings. The number of rotatable bonds is 9. The number of ether oxygens (including phenoxy) is 2. The van der Waals surface area contributed by atoms with Gasteiger partial charge in [-0.05, 0) is 31.5 Å². The number of halogens is 1. The Morgan fingerprint density at radius 3 is 2.61 bits per heavy atom. The van der Waals surface area contributed by atoms with Crippen LogP contribution < -0.4 is 5.32 Å². The summed E-state index contributed by atoms with van der Waals surface area (Å²) in [4.78, 5) is 23.4. The van der Waals surface area contributed by atoms with Crippen molar-refractivity contribution < 1.29 is 28.6 Å². The highest BCUT2D eigenvalue weighted by Crippen LogP contribution is 2.15. The van der Waals surface area contributed by atoms with Crippen LogP contribution in [-0.2, 0) is 20.9 Å². The van der Waals surface area contributed by atoms with Gasteiger partial charge in [-0.1, -0.05) is 6.92 Å². The van der Waals surface area contributed by atoms with E-state index >= 15 is 0 Å². The molecule has 1 rings (SSSR count). The lowest BCUT2D eigenvalue weighted by atomic mass is 9.98. The molecule has 0 heterocycles. The van der Waals surface area contributed by atoms with Gasteiger partial charge < -0.3 is 19.9 Å². The van der Waals surface area contributed by atoms with Gasteiger partial charge in [-0.15, -0.1) is 0 Å². The van der Waals surface area contributed by atoms with E-state index in [0.29, 0.717) is 13.2 Å². The van der Waals surface area contributed by atoms with Crippen LogP contribution in [-0.4, -0.2) is 42.8 Å². The molecule has 6 nitrogen and oxygen atoms in total. The van der Waals surface area contributed by atoms with Crippen molar-refractivity contribution in [3.05, 3.63) is 35.1 Å². The van der Waals surface area contributed by atoms with E-state index in [0.717, 1.165) is 6.07 Å². The smallest absolute Gasteiger partial charge is 0.329 e. The summed E-state index contributed by atoms with van der Waals surface area (Å²) in [5.41, 5.74) is -0.972. The zero-order valence-corrected chi connectivity index (χ0v) is 13.5. The Kier molecular flexibility index (Phi) is 7.12. The molecule has 128 valence electrons. The lowest BCUT2D eigenvalue weighted by molar-refractivity contribution is -0.143. The van der Waals surface area contributed by atoms with E-state index in [1.807, 2.05) is 0 Å². The largest absolute Gasteiger partial charge is 0.480 e. The average Bonchev–Trinajstić information content (AvgIpc) is 2.52. The minimum Gasteiger partial charge on any atom is -0.480 e.